The van der Waals surface area contributed by atoms with E-state index >= 15 is 0 Å². The van der Waals surface area contributed by atoms with Gasteiger partial charge in [0.1, 0.15) is 11.5 Å². The summed E-state index contributed by atoms with van der Waals surface area (Å²) >= 11 is 0. The highest BCUT2D eigenvalue weighted by Crippen LogP contribution is 2.37. The molecule has 2 aliphatic rings. The lowest BCUT2D eigenvalue weighted by Gasteiger charge is -2.43. The fraction of sp³-hybridized carbons (Fsp3) is 0.500. The van der Waals surface area contributed by atoms with Crippen molar-refractivity contribution in [3.05, 3.63) is 30.1 Å². The summed E-state index contributed by atoms with van der Waals surface area (Å²) in [5.41, 5.74) is 5.50. The van der Waals surface area contributed by atoms with Crippen LogP contribution in [0.4, 0.5) is 11.5 Å². The summed E-state index contributed by atoms with van der Waals surface area (Å²) in [6.45, 7) is 0.551. The number of sulfonamides is 1. The molecule has 11 nitrogen and oxygen atoms in total. The number of nitrogens with zero attached hydrogens (tertiary/aromatic N) is 3. The number of aliphatic hydroxyl groups excluding tert-OH is 3. The molecule has 0 saturated carbocycles. The minimum atomic E-state index is -3.65. The van der Waals surface area contributed by atoms with Gasteiger partial charge in [-0.1, -0.05) is 6.08 Å². The van der Waals surface area contributed by atoms with Crippen LogP contribution in [0.2, 0.25) is 0 Å². The van der Waals surface area contributed by atoms with Crippen LogP contribution in [0.25, 0.3) is 0 Å². The van der Waals surface area contributed by atoms with E-state index in [2.05, 4.69) is 20.1 Å². The molecule has 0 amide bonds. The van der Waals surface area contributed by atoms with Crippen LogP contribution in [0.1, 0.15) is 0 Å². The number of piperidine rings is 1. The number of nitrogens with one attached hydrogen (secondary N) is 2. The summed E-state index contributed by atoms with van der Waals surface area (Å²) < 4.78 is 27.5. The molecule has 1 fully saturated rings. The van der Waals surface area contributed by atoms with Gasteiger partial charge in [-0.2, -0.15) is 5.10 Å². The maximum absolute atomic E-state index is 11.9. The highest BCUT2D eigenvalue weighted by Gasteiger charge is 2.45. The second-order valence-corrected chi connectivity index (χ2v) is 8.56. The van der Waals surface area contributed by atoms with E-state index in [1.54, 1.807) is 6.08 Å². The van der Waals surface area contributed by atoms with E-state index in [0.717, 1.165) is 6.26 Å². The summed E-state index contributed by atoms with van der Waals surface area (Å²) in [6, 6.07) is 0. The average molecular weight is 412 g/mol. The smallest absolute Gasteiger partial charge is 0.229 e. The third-order valence-corrected chi connectivity index (χ3v) is 5.33. The van der Waals surface area contributed by atoms with Crippen molar-refractivity contribution in [2.75, 3.05) is 31.7 Å². The molecule has 0 bridgehead atoms. The molecule has 7 N–H and O–H groups in total. The van der Waals surface area contributed by atoms with Gasteiger partial charge in [0.15, 0.2) is 0 Å². The van der Waals surface area contributed by atoms with Crippen LogP contribution < -0.4 is 15.8 Å². The lowest BCUT2D eigenvalue weighted by molar-refractivity contribution is -0.0326. The van der Waals surface area contributed by atoms with E-state index in [1.807, 2.05) is 0 Å². The Bertz CT molecular complexity index is 925. The number of nitrogen functional groups attached to an aromatic ring is 1. The predicted molar refractivity (Wildman–Crippen MR) is 103 cm³/mol. The van der Waals surface area contributed by atoms with Crippen LogP contribution in [0, 0.1) is 5.41 Å². The molecule has 1 aliphatic heterocycles. The molecule has 0 radical (unpaired) electrons. The van der Waals surface area contributed by atoms with Gasteiger partial charge < -0.3 is 26.4 Å². The molecule has 1 aromatic heterocycles. The van der Waals surface area contributed by atoms with Crippen molar-refractivity contribution in [1.82, 2.24) is 19.8 Å². The highest BCUT2D eigenvalue weighted by atomic mass is 32.2. The molecular weight excluding hydrogens is 388 g/mol. The first-order valence-electron chi connectivity index (χ1n) is 8.64. The second-order valence-electron chi connectivity index (χ2n) is 6.81. The quantitative estimate of drug-likeness (QED) is 0.317. The highest BCUT2D eigenvalue weighted by molar-refractivity contribution is 7.88. The first kappa shape index (κ1) is 20.5. The van der Waals surface area contributed by atoms with Gasteiger partial charge in [0, 0.05) is 13.1 Å². The molecule has 154 valence electrons. The second kappa shape index (κ2) is 7.64. The number of aliphatic hydroxyl groups is 3. The molecule has 1 saturated heterocycles. The first-order valence-corrected chi connectivity index (χ1v) is 10.5. The summed E-state index contributed by atoms with van der Waals surface area (Å²) in [7, 11) is -3.65. The van der Waals surface area contributed by atoms with E-state index in [0.29, 0.717) is 5.69 Å². The van der Waals surface area contributed by atoms with Crippen molar-refractivity contribution >= 4 is 27.2 Å². The van der Waals surface area contributed by atoms with Crippen molar-refractivity contribution < 1.29 is 23.7 Å². The molecule has 3 rings (SSSR count). The molecule has 12 heteroatoms. The third kappa shape index (κ3) is 3.95. The molecule has 1 aromatic rings. The Morgan fingerprint density at radius 1 is 1.43 bits per heavy atom. The molecule has 2 unspecified atom stereocenters. The van der Waals surface area contributed by atoms with Gasteiger partial charge >= 0.3 is 0 Å². The van der Waals surface area contributed by atoms with Gasteiger partial charge in [0.25, 0.3) is 0 Å². The Balaban J connectivity index is 2.04. The number of rotatable bonds is 5. The SMILES string of the molecule is CS(=O)(=O)NC1=CC2(C=CC1=Nc1cnn(CCO)c1N)C(O)CNCC2O. The molecule has 28 heavy (non-hydrogen) atoms. The normalized spacial score (nSPS) is 29.3. The summed E-state index contributed by atoms with van der Waals surface area (Å²) in [6.07, 6.45) is 5.13. The Labute approximate surface area is 162 Å². The Kier molecular flexibility index (Phi) is 5.59. The van der Waals surface area contributed by atoms with E-state index in [1.165, 1.54) is 23.0 Å². The lowest BCUT2D eigenvalue weighted by atomic mass is 9.71. The van der Waals surface area contributed by atoms with Gasteiger partial charge in [0.2, 0.25) is 10.0 Å². The molecule has 0 aromatic carbocycles. The molecular formula is C16H24N6O5S. The van der Waals surface area contributed by atoms with Crippen molar-refractivity contribution in [3.8, 4) is 0 Å². The van der Waals surface area contributed by atoms with Crippen molar-refractivity contribution in [2.45, 2.75) is 18.8 Å². The average Bonchev–Trinajstić information content (AvgIpc) is 2.94. The number of allylic oxidation sites excluding steroid dienone is 1. The largest absolute Gasteiger partial charge is 0.394 e. The molecule has 2 atom stereocenters. The van der Waals surface area contributed by atoms with Crippen molar-refractivity contribution in [1.29, 1.82) is 0 Å². The zero-order valence-electron chi connectivity index (χ0n) is 15.3. The Morgan fingerprint density at radius 2 is 2.11 bits per heavy atom. The first-order chi connectivity index (χ1) is 13.2. The number of aromatic nitrogens is 2. The fourth-order valence-corrected chi connectivity index (χ4v) is 3.85. The van der Waals surface area contributed by atoms with Crippen LogP contribution in [0.5, 0.6) is 0 Å². The van der Waals surface area contributed by atoms with Gasteiger partial charge in [-0.3, -0.25) is 4.72 Å². The van der Waals surface area contributed by atoms with Crippen LogP contribution in [0.15, 0.2) is 35.1 Å². The topological polar surface area (TPSA) is 175 Å². The van der Waals surface area contributed by atoms with E-state index in [9.17, 15) is 18.6 Å². The summed E-state index contributed by atoms with van der Waals surface area (Å²) in [4.78, 5) is 4.38. The van der Waals surface area contributed by atoms with E-state index < -0.39 is 27.6 Å². The maximum atomic E-state index is 11.9. The number of hydrogen-bond acceptors (Lipinski definition) is 9. The van der Waals surface area contributed by atoms with Crippen LogP contribution >= 0.6 is 0 Å². The van der Waals surface area contributed by atoms with E-state index in [4.69, 9.17) is 10.8 Å². The predicted octanol–water partition coefficient (Wildman–Crippen LogP) is -2.16. The number of anilines is 1. The maximum Gasteiger partial charge on any atom is 0.229 e. The monoisotopic (exact) mass is 412 g/mol. The van der Waals surface area contributed by atoms with Gasteiger partial charge in [-0.25, -0.2) is 18.1 Å². The minimum Gasteiger partial charge on any atom is -0.394 e. The summed E-state index contributed by atoms with van der Waals surface area (Å²) in [5.74, 6) is 0.218. The van der Waals surface area contributed by atoms with Crippen molar-refractivity contribution in [2.24, 2.45) is 10.4 Å². The van der Waals surface area contributed by atoms with Crippen LogP contribution in [-0.4, -0.2) is 77.4 Å². The number of hydrogen-bond donors (Lipinski definition) is 6. The third-order valence-electron chi connectivity index (χ3n) is 4.74. The molecule has 1 spiro atoms. The number of β-amino-alcohol motifs (C(OH)–C–C–N with tert-alkyl or cyclic N) is 2. The van der Waals surface area contributed by atoms with Crippen molar-refractivity contribution in [3.63, 3.8) is 0 Å². The molecule has 2 heterocycles. The zero-order chi connectivity index (χ0) is 20.5. The van der Waals surface area contributed by atoms with Gasteiger partial charge in [-0.15, -0.1) is 0 Å². The Hall–Kier alpha value is -2.25. The van der Waals surface area contributed by atoms with Gasteiger partial charge in [-0.05, 0) is 12.2 Å². The number of nitrogens with two attached hydrogens (primary N) is 1. The van der Waals surface area contributed by atoms with E-state index in [-0.39, 0.29) is 43.5 Å². The van der Waals surface area contributed by atoms with Crippen LogP contribution in [-0.2, 0) is 16.6 Å². The standard InChI is InChI=1S/C16H24N6O5S/c1-28(26,27)21-11-6-16(13(24)8-18-9-14(16)25)3-2-10(11)20-12-7-19-22(4-5-23)15(12)17/h2-3,6-7,13-14,18,21,23-25H,4-5,8-9,17H2,1H3. The Morgan fingerprint density at radius 3 is 2.71 bits per heavy atom. The zero-order valence-corrected chi connectivity index (χ0v) is 16.1. The minimum absolute atomic E-state index is 0.124. The number of aliphatic imine (C=N–C) groups is 1. The van der Waals surface area contributed by atoms with Crippen LogP contribution in [0.3, 0.4) is 0 Å². The molecule has 1 aliphatic carbocycles. The summed E-state index contributed by atoms with van der Waals surface area (Å²) in [5, 5.41) is 36.9. The van der Waals surface area contributed by atoms with Gasteiger partial charge in [0.05, 0.1) is 54.6 Å². The fourth-order valence-electron chi connectivity index (χ4n) is 3.28. The lowest BCUT2D eigenvalue weighted by Crippen LogP contribution is -2.57.